The fourth-order valence-corrected chi connectivity index (χ4v) is 5.89. The van der Waals surface area contributed by atoms with Crippen LogP contribution >= 0.6 is 11.6 Å². The Bertz CT molecular complexity index is 1290. The topological polar surface area (TPSA) is 91.6 Å². The van der Waals surface area contributed by atoms with E-state index in [2.05, 4.69) is 19.2 Å². The van der Waals surface area contributed by atoms with Crippen LogP contribution in [0.2, 0.25) is 5.02 Å². The number of fused-ring (bicyclic) bond motifs is 3. The van der Waals surface area contributed by atoms with Crippen molar-refractivity contribution in [3.8, 4) is 5.75 Å². The summed E-state index contributed by atoms with van der Waals surface area (Å²) in [6, 6.07) is 1.64. The van der Waals surface area contributed by atoms with Gasteiger partial charge in [0.15, 0.2) is 11.4 Å². The number of hydrogen-bond donors (Lipinski definition) is 2. The van der Waals surface area contributed by atoms with Gasteiger partial charge in [-0.2, -0.15) is 0 Å². The SMILES string of the molecule is CCC[C@H](C)N1C(=O)c2c(O)c(=O)c(C(=O)NCc3ccc(F)c(Cl)c3F)cn2[C@@H]2CCC(C)(C)[C@@H]21. The van der Waals surface area contributed by atoms with Gasteiger partial charge in [0, 0.05) is 24.3 Å². The zero-order chi connectivity index (χ0) is 26.5. The number of carbonyl (C=O) groups excluding carboxylic acids is 2. The summed E-state index contributed by atoms with van der Waals surface area (Å²) < 4.78 is 29.2. The Morgan fingerprint density at radius 1 is 1.31 bits per heavy atom. The second kappa shape index (κ2) is 9.50. The highest BCUT2D eigenvalue weighted by atomic mass is 35.5. The maximum absolute atomic E-state index is 14.2. The van der Waals surface area contributed by atoms with Crippen LogP contribution in [0.25, 0.3) is 0 Å². The molecule has 10 heteroatoms. The maximum atomic E-state index is 14.2. The number of aromatic nitrogens is 1. The fourth-order valence-electron chi connectivity index (χ4n) is 5.71. The maximum Gasteiger partial charge on any atom is 0.275 e. The predicted molar refractivity (Wildman–Crippen MR) is 131 cm³/mol. The van der Waals surface area contributed by atoms with E-state index in [9.17, 15) is 28.3 Å². The lowest BCUT2D eigenvalue weighted by molar-refractivity contribution is 0.0216. The Morgan fingerprint density at radius 3 is 2.67 bits per heavy atom. The van der Waals surface area contributed by atoms with Gasteiger partial charge in [-0.25, -0.2) is 8.78 Å². The molecule has 1 aromatic carbocycles. The van der Waals surface area contributed by atoms with E-state index >= 15 is 0 Å². The summed E-state index contributed by atoms with van der Waals surface area (Å²) in [5, 5.41) is 12.6. The van der Waals surface area contributed by atoms with Gasteiger partial charge in [-0.3, -0.25) is 14.4 Å². The zero-order valence-electron chi connectivity index (χ0n) is 20.7. The number of benzene rings is 1. The molecule has 0 unspecified atom stereocenters. The monoisotopic (exact) mass is 521 g/mol. The van der Waals surface area contributed by atoms with Gasteiger partial charge in [-0.15, -0.1) is 0 Å². The van der Waals surface area contributed by atoms with Gasteiger partial charge in [0.05, 0.1) is 12.1 Å². The summed E-state index contributed by atoms with van der Waals surface area (Å²) in [7, 11) is 0. The van der Waals surface area contributed by atoms with Gasteiger partial charge in [-0.1, -0.05) is 44.9 Å². The first kappa shape index (κ1) is 26.1. The third-order valence-corrected chi connectivity index (χ3v) is 7.88. The Labute approximate surface area is 213 Å². The summed E-state index contributed by atoms with van der Waals surface area (Å²) >= 11 is 5.60. The van der Waals surface area contributed by atoms with Gasteiger partial charge in [0.2, 0.25) is 5.43 Å². The number of nitrogens with zero attached hydrogens (tertiary/aromatic N) is 2. The molecule has 1 fully saturated rings. The summed E-state index contributed by atoms with van der Waals surface area (Å²) in [5.41, 5.74) is -1.74. The quantitative estimate of drug-likeness (QED) is 0.535. The second-order valence-electron chi connectivity index (χ2n) is 10.4. The number of hydrogen-bond acceptors (Lipinski definition) is 4. The smallest absolute Gasteiger partial charge is 0.275 e. The molecular formula is C26H30ClF2N3O4. The molecule has 2 heterocycles. The van der Waals surface area contributed by atoms with Crippen LogP contribution in [0.1, 0.15) is 85.8 Å². The molecule has 1 aliphatic carbocycles. The van der Waals surface area contributed by atoms with Gasteiger partial charge in [-0.05, 0) is 37.7 Å². The lowest BCUT2D eigenvalue weighted by Crippen LogP contribution is -2.57. The number of aromatic hydroxyl groups is 1. The minimum Gasteiger partial charge on any atom is -0.503 e. The largest absolute Gasteiger partial charge is 0.503 e. The van der Waals surface area contributed by atoms with Crippen LogP contribution in [0.5, 0.6) is 5.75 Å². The Balaban J connectivity index is 1.73. The van der Waals surface area contributed by atoms with Gasteiger partial charge in [0.25, 0.3) is 11.8 Å². The molecule has 2 amide bonds. The van der Waals surface area contributed by atoms with Crippen LogP contribution in [0.15, 0.2) is 23.1 Å². The Morgan fingerprint density at radius 2 is 2.00 bits per heavy atom. The zero-order valence-corrected chi connectivity index (χ0v) is 21.5. The number of carbonyl (C=O) groups is 2. The first-order chi connectivity index (χ1) is 16.9. The van der Waals surface area contributed by atoms with Crippen LogP contribution < -0.4 is 10.7 Å². The summed E-state index contributed by atoms with van der Waals surface area (Å²) in [6.07, 6.45) is 4.50. The molecule has 1 aliphatic heterocycles. The van der Waals surface area contributed by atoms with E-state index in [4.69, 9.17) is 11.6 Å². The summed E-state index contributed by atoms with van der Waals surface area (Å²) in [5.74, 6) is -4.00. The summed E-state index contributed by atoms with van der Waals surface area (Å²) in [6.45, 7) is 7.85. The Hall–Kier alpha value is -2.94. The van der Waals surface area contributed by atoms with E-state index < -0.39 is 39.6 Å². The molecule has 194 valence electrons. The van der Waals surface area contributed by atoms with Crippen LogP contribution in [0, 0.1) is 17.0 Å². The first-order valence-electron chi connectivity index (χ1n) is 12.1. The van der Waals surface area contributed by atoms with E-state index in [0.717, 1.165) is 31.4 Å². The number of amides is 2. The molecule has 1 saturated carbocycles. The molecule has 3 atom stereocenters. The second-order valence-corrected chi connectivity index (χ2v) is 10.8. The van der Waals surface area contributed by atoms with E-state index in [0.29, 0.717) is 6.42 Å². The van der Waals surface area contributed by atoms with Crippen molar-refractivity contribution in [2.24, 2.45) is 5.41 Å². The van der Waals surface area contributed by atoms with Crippen molar-refractivity contribution in [1.82, 2.24) is 14.8 Å². The highest BCUT2D eigenvalue weighted by Gasteiger charge is 2.53. The lowest BCUT2D eigenvalue weighted by atomic mass is 9.83. The molecule has 0 saturated heterocycles. The molecule has 1 aromatic heterocycles. The third-order valence-electron chi connectivity index (χ3n) is 7.53. The Kier molecular flexibility index (Phi) is 6.90. The molecule has 2 aliphatic rings. The molecule has 0 spiro atoms. The molecule has 0 radical (unpaired) electrons. The minimum absolute atomic E-state index is 0.0645. The molecule has 2 aromatic rings. The van der Waals surface area contributed by atoms with Crippen molar-refractivity contribution in [3.63, 3.8) is 0 Å². The van der Waals surface area contributed by atoms with E-state index in [1.54, 1.807) is 9.47 Å². The number of pyridine rings is 1. The molecule has 2 N–H and O–H groups in total. The fraction of sp³-hybridized carbons (Fsp3) is 0.500. The minimum atomic E-state index is -1.01. The third kappa shape index (κ3) is 4.17. The summed E-state index contributed by atoms with van der Waals surface area (Å²) in [4.78, 5) is 41.4. The predicted octanol–water partition coefficient (Wildman–Crippen LogP) is 4.79. The lowest BCUT2D eigenvalue weighted by Gasteiger charge is -2.48. The standard InChI is InChI=1S/C26H30ClF2N3O4/c1-5-6-13(2)32-23-17(9-10-26(23,3)4)31-12-15(21(33)22(34)20(31)25(32)36)24(35)30-11-14-7-8-16(28)18(27)19(14)29/h7-8,12-13,17,23,34H,5-6,9-11H2,1-4H3,(H,30,35)/t13-,17+,23+/m0/s1. The van der Waals surface area contributed by atoms with Gasteiger partial charge < -0.3 is 19.9 Å². The average Bonchev–Trinajstić information content (AvgIpc) is 3.14. The highest BCUT2D eigenvalue weighted by Crippen LogP contribution is 2.51. The first-order valence-corrected chi connectivity index (χ1v) is 12.5. The number of rotatable bonds is 6. The van der Waals surface area contributed by atoms with Crippen molar-refractivity contribution < 1.29 is 23.5 Å². The average molecular weight is 522 g/mol. The van der Waals surface area contributed by atoms with Crippen molar-refractivity contribution in [2.75, 3.05) is 0 Å². The molecule has 36 heavy (non-hydrogen) atoms. The van der Waals surface area contributed by atoms with Gasteiger partial charge in [0.1, 0.15) is 22.2 Å². The normalized spacial score (nSPS) is 21.2. The van der Waals surface area contributed by atoms with Crippen molar-refractivity contribution in [2.45, 2.75) is 78.0 Å². The molecule has 4 rings (SSSR count). The van der Waals surface area contributed by atoms with E-state index in [-0.39, 0.29) is 46.9 Å². The van der Waals surface area contributed by atoms with E-state index in [1.807, 2.05) is 13.8 Å². The molecular weight excluding hydrogens is 492 g/mol. The van der Waals surface area contributed by atoms with Crippen LogP contribution in [-0.4, -0.2) is 38.5 Å². The molecule has 7 nitrogen and oxygen atoms in total. The number of halogens is 3. The van der Waals surface area contributed by atoms with Crippen molar-refractivity contribution in [3.05, 3.63) is 62.0 Å². The van der Waals surface area contributed by atoms with Crippen molar-refractivity contribution >= 4 is 23.4 Å². The van der Waals surface area contributed by atoms with Crippen LogP contribution in [0.4, 0.5) is 8.78 Å². The highest BCUT2D eigenvalue weighted by molar-refractivity contribution is 6.30. The van der Waals surface area contributed by atoms with Crippen molar-refractivity contribution in [1.29, 1.82) is 0 Å². The molecule has 0 bridgehead atoms. The van der Waals surface area contributed by atoms with Crippen LogP contribution in [-0.2, 0) is 6.54 Å². The van der Waals surface area contributed by atoms with Gasteiger partial charge >= 0.3 is 0 Å². The van der Waals surface area contributed by atoms with Crippen LogP contribution in [0.3, 0.4) is 0 Å². The van der Waals surface area contributed by atoms with E-state index in [1.165, 1.54) is 6.20 Å². The number of nitrogens with one attached hydrogen (secondary N) is 1.